The van der Waals surface area contributed by atoms with E-state index in [0.29, 0.717) is 18.7 Å². The Morgan fingerprint density at radius 3 is 2.41 bits per heavy atom. The van der Waals surface area contributed by atoms with Crippen molar-refractivity contribution in [2.75, 3.05) is 40.4 Å². The van der Waals surface area contributed by atoms with Gasteiger partial charge < -0.3 is 19.7 Å². The first-order valence-electron chi connectivity index (χ1n) is 11.5. The van der Waals surface area contributed by atoms with Gasteiger partial charge in [-0.2, -0.15) is 13.2 Å². The van der Waals surface area contributed by atoms with Crippen LogP contribution < -0.4 is 10.1 Å². The second-order valence-electron chi connectivity index (χ2n) is 9.01. The molecule has 4 rings (SSSR count). The summed E-state index contributed by atoms with van der Waals surface area (Å²) in [4.78, 5) is 19.1. The number of hydrogen-bond acceptors (Lipinski definition) is 5. The Morgan fingerprint density at radius 1 is 1.09 bits per heavy atom. The monoisotopic (exact) mass is 477 g/mol. The number of benzene rings is 1. The highest BCUT2D eigenvalue weighted by Gasteiger charge is 2.64. The van der Waals surface area contributed by atoms with Gasteiger partial charge >= 0.3 is 6.18 Å². The lowest BCUT2D eigenvalue weighted by Crippen LogP contribution is -2.59. The van der Waals surface area contributed by atoms with E-state index in [1.54, 1.807) is 19.4 Å². The molecule has 9 heteroatoms. The second-order valence-corrected chi connectivity index (χ2v) is 9.01. The minimum atomic E-state index is -4.91. The summed E-state index contributed by atoms with van der Waals surface area (Å²) in [5.41, 5.74) is -2.41. The van der Waals surface area contributed by atoms with Crippen molar-refractivity contribution in [1.82, 2.24) is 15.2 Å². The van der Waals surface area contributed by atoms with E-state index < -0.39 is 17.7 Å². The molecule has 1 aromatic carbocycles. The van der Waals surface area contributed by atoms with Gasteiger partial charge in [0.25, 0.3) is 11.5 Å². The van der Waals surface area contributed by atoms with Crippen LogP contribution in [0.5, 0.6) is 5.88 Å². The third-order valence-electron chi connectivity index (χ3n) is 7.49. The zero-order valence-electron chi connectivity index (χ0n) is 19.4. The molecule has 0 radical (unpaired) electrons. The number of aromatic nitrogens is 1. The molecule has 2 atom stereocenters. The molecule has 0 bridgehead atoms. The summed E-state index contributed by atoms with van der Waals surface area (Å²) in [5, 5.41) is 3.43. The van der Waals surface area contributed by atoms with Crippen LogP contribution in [-0.4, -0.2) is 62.4 Å². The summed E-state index contributed by atoms with van der Waals surface area (Å²) in [6.07, 6.45) is -1.18. The summed E-state index contributed by atoms with van der Waals surface area (Å²) >= 11 is 0. The number of likely N-dealkylation sites (tertiary alicyclic amines) is 1. The van der Waals surface area contributed by atoms with Crippen molar-refractivity contribution in [3.8, 4) is 5.88 Å². The SMILES string of the molecule is COc1ncccc1C1CNCCC12CCN(C(=O)[C@](OC)(c1ccccc1)C(F)(F)F)CC2. The first kappa shape index (κ1) is 24.5. The molecule has 2 fully saturated rings. The Kier molecular flexibility index (Phi) is 6.87. The molecule has 0 saturated carbocycles. The molecule has 1 amide bonds. The maximum Gasteiger partial charge on any atom is 0.430 e. The lowest BCUT2D eigenvalue weighted by atomic mass is 9.62. The Bertz CT molecular complexity index is 994. The number of pyridine rings is 1. The molecular weight excluding hydrogens is 447 g/mol. The Morgan fingerprint density at radius 2 is 1.79 bits per heavy atom. The van der Waals surface area contributed by atoms with E-state index >= 15 is 0 Å². The maximum absolute atomic E-state index is 14.4. The van der Waals surface area contributed by atoms with E-state index in [9.17, 15) is 18.0 Å². The largest absolute Gasteiger partial charge is 0.481 e. The molecular formula is C25H30F3N3O3. The zero-order valence-corrected chi connectivity index (χ0v) is 19.4. The van der Waals surface area contributed by atoms with Gasteiger partial charge in [-0.15, -0.1) is 0 Å². The topological polar surface area (TPSA) is 63.7 Å². The molecule has 2 aromatic rings. The van der Waals surface area contributed by atoms with Gasteiger partial charge in [0.05, 0.1) is 7.11 Å². The molecule has 1 aromatic heterocycles. The number of alkyl halides is 3. The van der Waals surface area contributed by atoms with Crippen LogP contribution in [0.25, 0.3) is 0 Å². The first-order valence-corrected chi connectivity index (χ1v) is 11.5. The normalized spacial score (nSPS) is 22.3. The van der Waals surface area contributed by atoms with Gasteiger partial charge in [0.1, 0.15) is 0 Å². The third kappa shape index (κ3) is 4.05. The Hall–Kier alpha value is -2.65. The maximum atomic E-state index is 14.4. The van der Waals surface area contributed by atoms with E-state index in [1.807, 2.05) is 12.1 Å². The van der Waals surface area contributed by atoms with E-state index in [4.69, 9.17) is 9.47 Å². The third-order valence-corrected chi connectivity index (χ3v) is 7.49. The van der Waals surface area contributed by atoms with Crippen LogP contribution in [0.15, 0.2) is 48.7 Å². The average molecular weight is 478 g/mol. The summed E-state index contributed by atoms with van der Waals surface area (Å²) in [6, 6.07) is 11.0. The molecule has 1 spiro atoms. The van der Waals surface area contributed by atoms with Crippen LogP contribution in [0.3, 0.4) is 0 Å². The molecule has 2 saturated heterocycles. The summed E-state index contributed by atoms with van der Waals surface area (Å²) in [7, 11) is 2.53. The number of nitrogens with zero attached hydrogens (tertiary/aromatic N) is 2. The van der Waals surface area contributed by atoms with Crippen molar-refractivity contribution in [1.29, 1.82) is 0 Å². The standard InChI is InChI=1S/C25H30F3N3O3/c1-33-21-19(9-6-13-30-21)20-17-29-14-10-23(20)11-15-31(16-12-23)22(32)24(34-2,25(26,27)28)18-7-4-3-5-8-18/h3-9,13,20,29H,10-12,14-17H2,1-2H3/t20?,24-/m1/s1. The minimum Gasteiger partial charge on any atom is -0.481 e. The summed E-state index contributed by atoms with van der Waals surface area (Å²) < 4.78 is 53.6. The number of methoxy groups -OCH3 is 2. The number of hydrogen-bond donors (Lipinski definition) is 1. The van der Waals surface area contributed by atoms with Crippen molar-refractivity contribution < 1.29 is 27.4 Å². The van der Waals surface area contributed by atoms with Gasteiger partial charge in [-0.3, -0.25) is 4.79 Å². The van der Waals surface area contributed by atoms with Gasteiger partial charge in [-0.25, -0.2) is 4.98 Å². The quantitative estimate of drug-likeness (QED) is 0.708. The smallest absolute Gasteiger partial charge is 0.430 e. The lowest BCUT2D eigenvalue weighted by molar-refractivity contribution is -0.271. The van der Waals surface area contributed by atoms with Crippen molar-refractivity contribution in [3.05, 3.63) is 59.8 Å². The molecule has 184 valence electrons. The summed E-state index contributed by atoms with van der Waals surface area (Å²) in [5.74, 6) is -0.410. The van der Waals surface area contributed by atoms with E-state index in [2.05, 4.69) is 10.3 Å². The van der Waals surface area contributed by atoms with Crippen molar-refractivity contribution in [2.45, 2.75) is 37.0 Å². The average Bonchev–Trinajstić information content (AvgIpc) is 2.85. The van der Waals surface area contributed by atoms with Crippen LogP contribution in [0.4, 0.5) is 13.2 Å². The first-order chi connectivity index (χ1) is 16.3. The number of piperidine rings is 2. The van der Waals surface area contributed by atoms with Crippen LogP contribution in [0.2, 0.25) is 0 Å². The molecule has 2 aliphatic rings. The number of nitrogens with one attached hydrogen (secondary N) is 1. The lowest BCUT2D eigenvalue weighted by Gasteiger charge is -2.50. The van der Waals surface area contributed by atoms with Gasteiger partial charge in [0.2, 0.25) is 5.88 Å². The molecule has 34 heavy (non-hydrogen) atoms. The number of ether oxygens (including phenoxy) is 2. The highest BCUT2D eigenvalue weighted by Crippen LogP contribution is 2.51. The predicted octanol–water partition coefficient (Wildman–Crippen LogP) is 3.88. The molecule has 3 heterocycles. The number of rotatable bonds is 5. The molecule has 1 unspecified atom stereocenters. The highest BCUT2D eigenvalue weighted by molar-refractivity contribution is 5.88. The van der Waals surface area contributed by atoms with Gasteiger partial charge in [0, 0.05) is 50.0 Å². The van der Waals surface area contributed by atoms with E-state index in [0.717, 1.165) is 32.2 Å². The number of carbonyl (C=O) groups is 1. The van der Waals surface area contributed by atoms with E-state index in [-0.39, 0.29) is 30.0 Å². The highest BCUT2D eigenvalue weighted by atomic mass is 19.4. The minimum absolute atomic E-state index is 0.0890. The van der Waals surface area contributed by atoms with Crippen LogP contribution in [-0.2, 0) is 15.1 Å². The summed E-state index contributed by atoms with van der Waals surface area (Å²) in [6.45, 7) is 2.00. The Labute approximate surface area is 197 Å². The van der Waals surface area contributed by atoms with Crippen molar-refractivity contribution >= 4 is 5.91 Å². The fourth-order valence-electron chi connectivity index (χ4n) is 5.63. The fourth-order valence-corrected chi connectivity index (χ4v) is 5.63. The molecule has 2 aliphatic heterocycles. The number of amides is 1. The van der Waals surface area contributed by atoms with Crippen LogP contribution in [0, 0.1) is 5.41 Å². The van der Waals surface area contributed by atoms with Crippen LogP contribution in [0.1, 0.15) is 36.3 Å². The molecule has 6 nitrogen and oxygen atoms in total. The fraction of sp³-hybridized carbons (Fsp3) is 0.520. The van der Waals surface area contributed by atoms with Crippen molar-refractivity contribution in [3.63, 3.8) is 0 Å². The van der Waals surface area contributed by atoms with Crippen LogP contribution >= 0.6 is 0 Å². The van der Waals surface area contributed by atoms with Gasteiger partial charge in [0.15, 0.2) is 0 Å². The number of carbonyl (C=O) groups excluding carboxylic acids is 1. The second kappa shape index (κ2) is 9.54. The van der Waals surface area contributed by atoms with Gasteiger partial charge in [-0.1, -0.05) is 36.4 Å². The molecule has 0 aliphatic carbocycles. The zero-order chi connectivity index (χ0) is 24.4. The number of halogens is 3. The van der Waals surface area contributed by atoms with Gasteiger partial charge in [-0.05, 0) is 37.3 Å². The Balaban J connectivity index is 1.61. The predicted molar refractivity (Wildman–Crippen MR) is 120 cm³/mol. The molecule has 1 N–H and O–H groups in total. The van der Waals surface area contributed by atoms with Crippen molar-refractivity contribution in [2.24, 2.45) is 5.41 Å². The van der Waals surface area contributed by atoms with E-state index in [1.165, 1.54) is 29.2 Å².